The van der Waals surface area contributed by atoms with Crippen LogP contribution in [0.25, 0.3) is 0 Å². The summed E-state index contributed by atoms with van der Waals surface area (Å²) in [7, 11) is 0. The van der Waals surface area contributed by atoms with Gasteiger partial charge in [0.2, 0.25) is 8.77 Å². The molecule has 0 aliphatic rings. The highest BCUT2D eigenvalue weighted by molar-refractivity contribution is 8.23. The van der Waals surface area contributed by atoms with Crippen molar-refractivity contribution >= 4 is 68.7 Å². The van der Waals surface area contributed by atoms with Gasteiger partial charge in [0.15, 0.2) is 0 Å². The Labute approximate surface area is 174 Å². The number of ether oxygens (including phenoxy) is 4. The van der Waals surface area contributed by atoms with Crippen molar-refractivity contribution in [2.24, 2.45) is 0 Å². The van der Waals surface area contributed by atoms with Crippen LogP contribution in [-0.4, -0.2) is 57.6 Å². The van der Waals surface area contributed by atoms with Gasteiger partial charge in [-0.3, -0.25) is 9.59 Å². The van der Waals surface area contributed by atoms with Crippen LogP contribution in [0.5, 0.6) is 0 Å². The Hall–Kier alpha value is -0.580. The second-order valence-corrected chi connectivity index (χ2v) is 8.27. The molecule has 26 heavy (non-hydrogen) atoms. The number of thiocarbonyl (C=S) groups is 2. The number of hydrogen-bond donors (Lipinski definition) is 0. The zero-order chi connectivity index (χ0) is 19.9. The van der Waals surface area contributed by atoms with Crippen molar-refractivity contribution < 1.29 is 28.5 Å². The van der Waals surface area contributed by atoms with Gasteiger partial charge in [-0.1, -0.05) is 23.5 Å². The Morgan fingerprint density at radius 1 is 0.692 bits per heavy atom. The molecule has 0 aliphatic carbocycles. The molecule has 150 valence electrons. The molecule has 0 radical (unpaired) electrons. The topological polar surface area (TPSA) is 71.1 Å². The summed E-state index contributed by atoms with van der Waals surface area (Å²) >= 11 is 12.5. The van der Waals surface area contributed by atoms with Gasteiger partial charge in [0.25, 0.3) is 0 Å². The van der Waals surface area contributed by atoms with E-state index >= 15 is 0 Å². The molecular weight excluding hydrogens is 416 g/mol. The summed E-state index contributed by atoms with van der Waals surface area (Å²) in [6, 6.07) is 0. The summed E-state index contributed by atoms with van der Waals surface area (Å²) in [5.74, 6) is -0.779. The quantitative estimate of drug-likeness (QED) is 0.349. The van der Waals surface area contributed by atoms with E-state index in [1.165, 1.54) is 0 Å². The highest BCUT2D eigenvalue weighted by Crippen LogP contribution is 2.27. The molecule has 0 aromatic carbocycles. The molecule has 2 atom stereocenters. The summed E-state index contributed by atoms with van der Waals surface area (Å²) in [4.78, 5) is 24.4. The third-order valence-electron chi connectivity index (χ3n) is 2.79. The summed E-state index contributed by atoms with van der Waals surface area (Å²) in [5, 5.41) is -1.13. The van der Waals surface area contributed by atoms with Crippen LogP contribution in [0.2, 0.25) is 0 Å². The van der Waals surface area contributed by atoms with Gasteiger partial charge in [0.05, 0.1) is 26.4 Å². The normalized spacial score (nSPS) is 12.6. The number of hydrogen-bond acceptors (Lipinski definition) is 10. The second-order valence-electron chi connectivity index (χ2n) is 4.66. The maximum Gasteiger partial charge on any atom is 0.319 e. The van der Waals surface area contributed by atoms with Crippen molar-refractivity contribution in [1.82, 2.24) is 0 Å². The van der Waals surface area contributed by atoms with Crippen LogP contribution >= 0.6 is 48.0 Å². The summed E-state index contributed by atoms with van der Waals surface area (Å²) in [6.07, 6.45) is 0.726. The fourth-order valence-corrected chi connectivity index (χ4v) is 4.36. The molecule has 0 aliphatic heterocycles. The smallest absolute Gasteiger partial charge is 0.319 e. The van der Waals surface area contributed by atoms with Crippen LogP contribution in [-0.2, 0) is 28.5 Å². The van der Waals surface area contributed by atoms with Gasteiger partial charge < -0.3 is 18.9 Å². The molecule has 0 spiro atoms. The molecule has 0 N–H and O–H groups in total. The molecule has 6 nitrogen and oxygen atoms in total. The van der Waals surface area contributed by atoms with Gasteiger partial charge in [0, 0.05) is 0 Å². The minimum atomic E-state index is -0.563. The first-order valence-corrected chi connectivity index (χ1v) is 11.0. The van der Waals surface area contributed by atoms with Crippen LogP contribution in [0, 0.1) is 0 Å². The molecule has 0 heterocycles. The van der Waals surface area contributed by atoms with Crippen molar-refractivity contribution in [2.45, 2.75) is 51.0 Å². The average molecular weight is 443 g/mol. The van der Waals surface area contributed by atoms with E-state index in [2.05, 4.69) is 0 Å². The van der Waals surface area contributed by atoms with Gasteiger partial charge in [-0.2, -0.15) is 0 Å². The predicted molar refractivity (Wildman–Crippen MR) is 114 cm³/mol. The fourth-order valence-electron chi connectivity index (χ4n) is 1.76. The first kappa shape index (κ1) is 25.4. The Morgan fingerprint density at radius 3 is 1.27 bits per heavy atom. The van der Waals surface area contributed by atoms with E-state index in [1.807, 2.05) is 13.8 Å². The number of carbonyl (C=O) groups is 2. The molecule has 0 bridgehead atoms. The maximum atomic E-state index is 12.2. The number of thioether (sulfide) groups is 2. The molecule has 0 saturated carbocycles. The zero-order valence-electron chi connectivity index (χ0n) is 15.5. The van der Waals surface area contributed by atoms with E-state index in [-0.39, 0.29) is 33.9 Å². The Kier molecular flexibility index (Phi) is 15.1. The van der Waals surface area contributed by atoms with Crippen molar-refractivity contribution in [3.05, 3.63) is 0 Å². The third kappa shape index (κ3) is 11.2. The predicted octanol–water partition coefficient (Wildman–Crippen LogP) is 3.74. The van der Waals surface area contributed by atoms with Gasteiger partial charge in [-0.05, 0) is 65.0 Å². The Bertz CT molecular complexity index is 430. The standard InChI is InChI=1S/C16H26O6S4/c1-5-19-13(17)11(25-15(23)21-7-3)9-10-12(14(18)20-6-2)26-16(24)22-8-4/h11-12H,5-10H2,1-4H3. The molecule has 10 heteroatoms. The molecule has 0 rings (SSSR count). The largest absolute Gasteiger partial charge is 0.479 e. The lowest BCUT2D eigenvalue weighted by molar-refractivity contribution is -0.144. The van der Waals surface area contributed by atoms with Gasteiger partial charge in [-0.15, -0.1) is 0 Å². The molecule has 0 aromatic rings. The number of carbonyl (C=O) groups excluding carboxylic acids is 2. The van der Waals surface area contributed by atoms with Gasteiger partial charge in [-0.25, -0.2) is 0 Å². The first-order valence-electron chi connectivity index (χ1n) is 8.39. The van der Waals surface area contributed by atoms with E-state index in [0.29, 0.717) is 26.1 Å². The minimum Gasteiger partial charge on any atom is -0.479 e. The lowest BCUT2D eigenvalue weighted by Gasteiger charge is -2.19. The maximum absolute atomic E-state index is 12.2. The molecule has 2 unspecified atom stereocenters. The van der Waals surface area contributed by atoms with Crippen LogP contribution in [0.1, 0.15) is 40.5 Å². The van der Waals surface area contributed by atoms with Crippen LogP contribution in [0.4, 0.5) is 0 Å². The molecule has 0 saturated heterocycles. The lowest BCUT2D eigenvalue weighted by atomic mass is 10.2. The number of esters is 2. The Balaban J connectivity index is 4.98. The summed E-state index contributed by atoms with van der Waals surface area (Å²) < 4.78 is 21.2. The highest BCUT2D eigenvalue weighted by Gasteiger charge is 2.29. The van der Waals surface area contributed by atoms with Gasteiger partial charge >= 0.3 is 11.9 Å². The van der Waals surface area contributed by atoms with Crippen molar-refractivity contribution in [3.63, 3.8) is 0 Å². The molecule has 0 amide bonds. The zero-order valence-corrected chi connectivity index (χ0v) is 18.7. The monoisotopic (exact) mass is 442 g/mol. The van der Waals surface area contributed by atoms with E-state index in [1.54, 1.807) is 13.8 Å². The van der Waals surface area contributed by atoms with E-state index in [4.69, 9.17) is 43.4 Å². The van der Waals surface area contributed by atoms with Crippen molar-refractivity contribution in [3.8, 4) is 0 Å². The van der Waals surface area contributed by atoms with Crippen LogP contribution in [0.15, 0.2) is 0 Å². The van der Waals surface area contributed by atoms with Crippen LogP contribution in [0.3, 0.4) is 0 Å². The summed E-state index contributed by atoms with van der Waals surface area (Å²) in [5.41, 5.74) is 0. The first-order chi connectivity index (χ1) is 12.4. The average Bonchev–Trinajstić information content (AvgIpc) is 2.58. The van der Waals surface area contributed by atoms with E-state index < -0.39 is 10.5 Å². The highest BCUT2D eigenvalue weighted by atomic mass is 32.2. The molecule has 0 fully saturated rings. The lowest BCUT2D eigenvalue weighted by Crippen LogP contribution is -2.27. The van der Waals surface area contributed by atoms with E-state index in [9.17, 15) is 9.59 Å². The van der Waals surface area contributed by atoms with Crippen molar-refractivity contribution in [1.29, 1.82) is 0 Å². The molecule has 0 aromatic heterocycles. The fraction of sp³-hybridized carbons (Fsp3) is 0.750. The van der Waals surface area contributed by atoms with Crippen LogP contribution < -0.4 is 0 Å². The Morgan fingerprint density at radius 2 is 1.00 bits per heavy atom. The second kappa shape index (κ2) is 15.5. The summed E-state index contributed by atoms with van der Waals surface area (Å²) in [6.45, 7) is 8.47. The van der Waals surface area contributed by atoms with E-state index in [0.717, 1.165) is 23.5 Å². The van der Waals surface area contributed by atoms with Crippen molar-refractivity contribution in [2.75, 3.05) is 26.4 Å². The third-order valence-corrected chi connectivity index (χ3v) is 5.65. The van der Waals surface area contributed by atoms with Gasteiger partial charge in [0.1, 0.15) is 10.5 Å². The SMILES string of the molecule is CCOC(=O)C(CCC(SC(=S)OCC)C(=O)OCC)SC(=S)OCC. The number of rotatable bonds is 11. The molecular formula is C16H26O6S4. The minimum absolute atomic E-state index is 0.266.